The van der Waals surface area contributed by atoms with Crippen LogP contribution in [0.4, 0.5) is 10.1 Å². The molecule has 0 aliphatic carbocycles. The number of nitrogens with zero attached hydrogens (tertiary/aromatic N) is 2. The van der Waals surface area contributed by atoms with E-state index < -0.39 is 17.2 Å². The van der Waals surface area contributed by atoms with Crippen LogP contribution in [0, 0.1) is 12.7 Å². The molecule has 1 heterocycles. The number of rotatable bonds is 4. The Morgan fingerprint density at radius 3 is 2.58 bits per heavy atom. The first-order chi connectivity index (χ1) is 12.5. The number of ether oxygens (including phenoxy) is 1. The van der Waals surface area contributed by atoms with E-state index in [4.69, 9.17) is 4.74 Å². The Hall–Kier alpha value is -3.48. The summed E-state index contributed by atoms with van der Waals surface area (Å²) in [5.41, 5.74) is 0.0664. The van der Waals surface area contributed by atoms with E-state index in [-0.39, 0.29) is 11.4 Å². The van der Waals surface area contributed by atoms with Gasteiger partial charge in [-0.25, -0.2) is 9.07 Å². The molecule has 0 unspecified atom stereocenters. The topological polar surface area (TPSA) is 73.2 Å². The quantitative estimate of drug-likeness (QED) is 0.783. The maximum absolute atomic E-state index is 14.1. The number of carbonyl (C=O) groups excluding carboxylic acids is 1. The van der Waals surface area contributed by atoms with E-state index in [1.54, 1.807) is 43.3 Å². The van der Waals surface area contributed by atoms with Crippen molar-refractivity contribution >= 4 is 11.6 Å². The first-order valence-electron chi connectivity index (χ1n) is 7.81. The van der Waals surface area contributed by atoms with Crippen molar-refractivity contribution in [1.29, 1.82) is 0 Å². The number of carbonyl (C=O) groups is 1. The van der Waals surface area contributed by atoms with Crippen LogP contribution in [0.2, 0.25) is 0 Å². The zero-order chi connectivity index (χ0) is 18.7. The Kier molecular flexibility index (Phi) is 4.79. The maximum Gasteiger partial charge on any atom is 0.280 e. The number of hydrogen-bond acceptors (Lipinski definition) is 4. The van der Waals surface area contributed by atoms with Gasteiger partial charge < -0.3 is 10.1 Å². The predicted molar refractivity (Wildman–Crippen MR) is 95.5 cm³/mol. The average Bonchev–Trinajstić information content (AvgIpc) is 2.63. The van der Waals surface area contributed by atoms with Crippen molar-refractivity contribution in [2.75, 3.05) is 12.4 Å². The molecule has 0 bridgehead atoms. The van der Waals surface area contributed by atoms with Crippen molar-refractivity contribution in [2.45, 2.75) is 6.92 Å². The van der Waals surface area contributed by atoms with E-state index in [2.05, 4.69) is 10.4 Å². The van der Waals surface area contributed by atoms with Gasteiger partial charge in [0.25, 0.3) is 5.91 Å². The highest BCUT2D eigenvalue weighted by atomic mass is 19.1. The third-order valence-electron chi connectivity index (χ3n) is 3.76. The van der Waals surface area contributed by atoms with Gasteiger partial charge in [0.1, 0.15) is 17.3 Å². The molecule has 0 aliphatic rings. The minimum absolute atomic E-state index is 0.149. The monoisotopic (exact) mass is 353 g/mol. The van der Waals surface area contributed by atoms with Gasteiger partial charge in [-0.05, 0) is 31.2 Å². The van der Waals surface area contributed by atoms with Crippen molar-refractivity contribution in [3.63, 3.8) is 0 Å². The number of amides is 1. The highest BCUT2D eigenvalue weighted by Crippen LogP contribution is 2.23. The Balaban J connectivity index is 2.03. The van der Waals surface area contributed by atoms with Crippen LogP contribution in [0.25, 0.3) is 5.69 Å². The maximum atomic E-state index is 14.1. The first-order valence-corrected chi connectivity index (χ1v) is 7.81. The van der Waals surface area contributed by atoms with Crippen LogP contribution in [0.5, 0.6) is 5.75 Å². The van der Waals surface area contributed by atoms with Crippen LogP contribution < -0.4 is 15.5 Å². The number of hydrogen-bond donors (Lipinski definition) is 1. The lowest BCUT2D eigenvalue weighted by Crippen LogP contribution is -2.27. The molecule has 1 aromatic heterocycles. The molecule has 1 amide bonds. The fraction of sp³-hybridized carbons (Fsp3) is 0.105. The molecule has 0 fully saturated rings. The number of halogens is 1. The van der Waals surface area contributed by atoms with Gasteiger partial charge in [-0.15, -0.1) is 0 Å². The highest BCUT2D eigenvalue weighted by molar-refractivity contribution is 6.03. The number of nitrogens with one attached hydrogen (secondary N) is 1. The summed E-state index contributed by atoms with van der Waals surface area (Å²) in [5.74, 6) is -0.769. The Morgan fingerprint density at radius 1 is 1.15 bits per heavy atom. The number of methoxy groups -OCH3 is 1. The molecule has 0 saturated carbocycles. The summed E-state index contributed by atoms with van der Waals surface area (Å²) in [6.45, 7) is 1.61. The summed E-state index contributed by atoms with van der Waals surface area (Å²) in [7, 11) is 1.47. The zero-order valence-electron chi connectivity index (χ0n) is 14.2. The number of aromatic nitrogens is 2. The summed E-state index contributed by atoms with van der Waals surface area (Å²) in [6, 6.07) is 14.0. The van der Waals surface area contributed by atoms with Crippen molar-refractivity contribution in [2.24, 2.45) is 0 Å². The molecule has 0 radical (unpaired) electrons. The molecule has 0 spiro atoms. The van der Waals surface area contributed by atoms with Crippen LogP contribution in [0.3, 0.4) is 0 Å². The van der Waals surface area contributed by atoms with Gasteiger partial charge in [0.2, 0.25) is 5.43 Å². The van der Waals surface area contributed by atoms with E-state index in [0.29, 0.717) is 17.1 Å². The lowest BCUT2D eigenvalue weighted by molar-refractivity contribution is 0.101. The van der Waals surface area contributed by atoms with Crippen LogP contribution in [0.15, 0.2) is 59.4 Å². The molecule has 3 aromatic rings. The summed E-state index contributed by atoms with van der Waals surface area (Å²) < 4.78 is 20.5. The SMILES string of the molecule is COc1ccccc1NC(=O)c1nn(-c2ccccc2F)c(C)cc1=O. The smallest absolute Gasteiger partial charge is 0.280 e. The summed E-state index contributed by atoms with van der Waals surface area (Å²) in [6.07, 6.45) is 0. The van der Waals surface area contributed by atoms with E-state index in [1.807, 2.05) is 0 Å². The Bertz CT molecular complexity index is 1030. The second kappa shape index (κ2) is 7.18. The van der Waals surface area contributed by atoms with Crippen LogP contribution >= 0.6 is 0 Å². The third-order valence-corrected chi connectivity index (χ3v) is 3.76. The largest absolute Gasteiger partial charge is 0.495 e. The van der Waals surface area contributed by atoms with Gasteiger partial charge in [-0.3, -0.25) is 9.59 Å². The average molecular weight is 353 g/mol. The number of aryl methyl sites for hydroxylation is 1. The van der Waals surface area contributed by atoms with Crippen LogP contribution in [-0.4, -0.2) is 22.8 Å². The Morgan fingerprint density at radius 2 is 1.85 bits per heavy atom. The van der Waals surface area contributed by atoms with Gasteiger partial charge in [0, 0.05) is 11.8 Å². The number of anilines is 1. The van der Waals surface area contributed by atoms with Crippen LogP contribution in [0.1, 0.15) is 16.2 Å². The molecular weight excluding hydrogens is 337 g/mol. The van der Waals surface area contributed by atoms with Crippen molar-refractivity contribution in [1.82, 2.24) is 9.78 Å². The van der Waals surface area contributed by atoms with Crippen molar-refractivity contribution in [3.8, 4) is 11.4 Å². The molecule has 132 valence electrons. The lowest BCUT2D eigenvalue weighted by Gasteiger charge is -2.13. The normalized spacial score (nSPS) is 10.4. The molecule has 0 atom stereocenters. The molecule has 3 rings (SSSR count). The van der Waals surface area contributed by atoms with Gasteiger partial charge in [-0.2, -0.15) is 5.10 Å². The minimum atomic E-state index is -0.704. The van der Waals surface area contributed by atoms with E-state index in [1.165, 1.54) is 30.0 Å². The van der Waals surface area contributed by atoms with Crippen molar-refractivity contribution < 1.29 is 13.9 Å². The molecule has 7 heteroatoms. The zero-order valence-corrected chi connectivity index (χ0v) is 14.2. The number of para-hydroxylation sites is 3. The number of benzene rings is 2. The summed E-state index contributed by atoms with van der Waals surface area (Å²) >= 11 is 0. The fourth-order valence-corrected chi connectivity index (χ4v) is 2.50. The molecule has 0 saturated heterocycles. The Labute approximate surface area is 148 Å². The van der Waals surface area contributed by atoms with Gasteiger partial charge in [-0.1, -0.05) is 24.3 Å². The van der Waals surface area contributed by atoms with Gasteiger partial charge in [0.05, 0.1) is 12.8 Å². The van der Waals surface area contributed by atoms with E-state index in [0.717, 1.165) is 0 Å². The van der Waals surface area contributed by atoms with Crippen molar-refractivity contribution in [3.05, 3.63) is 82.0 Å². The van der Waals surface area contributed by atoms with E-state index in [9.17, 15) is 14.0 Å². The predicted octanol–water partition coefficient (Wildman–Crippen LogP) is 2.94. The molecule has 6 nitrogen and oxygen atoms in total. The van der Waals surface area contributed by atoms with E-state index >= 15 is 0 Å². The summed E-state index contributed by atoms with van der Waals surface area (Å²) in [5, 5.41) is 6.66. The van der Waals surface area contributed by atoms with Gasteiger partial charge >= 0.3 is 0 Å². The standard InChI is InChI=1S/C19H16FN3O3/c1-12-11-16(24)18(22-23(12)15-9-5-3-7-13(15)20)19(25)21-14-8-4-6-10-17(14)26-2/h3-11H,1-2H3,(H,21,25). The molecular formula is C19H16FN3O3. The summed E-state index contributed by atoms with van der Waals surface area (Å²) in [4.78, 5) is 24.8. The molecule has 26 heavy (non-hydrogen) atoms. The van der Waals surface area contributed by atoms with Crippen LogP contribution in [-0.2, 0) is 0 Å². The molecule has 2 aromatic carbocycles. The lowest BCUT2D eigenvalue weighted by atomic mass is 10.2. The fourth-order valence-electron chi connectivity index (χ4n) is 2.50. The second-order valence-corrected chi connectivity index (χ2v) is 5.52. The molecule has 0 aliphatic heterocycles. The van der Waals surface area contributed by atoms with Gasteiger partial charge in [0.15, 0.2) is 5.69 Å². The first kappa shape index (κ1) is 17.3. The molecule has 1 N–H and O–H groups in total. The second-order valence-electron chi connectivity index (χ2n) is 5.52. The minimum Gasteiger partial charge on any atom is -0.495 e. The highest BCUT2D eigenvalue weighted by Gasteiger charge is 2.18. The third kappa shape index (κ3) is 3.32.